The maximum absolute atomic E-state index is 11.9. The second-order valence-electron chi connectivity index (χ2n) is 5.74. The molecule has 0 saturated heterocycles. The Balaban J connectivity index is 1.84. The van der Waals surface area contributed by atoms with Crippen molar-refractivity contribution in [3.63, 3.8) is 0 Å². The molecule has 2 rings (SSSR count). The molecule has 0 aliphatic carbocycles. The van der Waals surface area contributed by atoms with Crippen molar-refractivity contribution < 1.29 is 26.4 Å². The number of primary sulfonamides is 2. The van der Waals surface area contributed by atoms with Crippen LogP contribution in [0.4, 0.5) is 11.4 Å². The Kier molecular flexibility index (Phi) is 6.51. The number of benzene rings is 2. The fraction of sp³-hybridized carbons (Fsp3) is 0.125. The van der Waals surface area contributed by atoms with Crippen molar-refractivity contribution in [3.05, 3.63) is 48.5 Å². The topological polar surface area (TPSA) is 179 Å². The summed E-state index contributed by atoms with van der Waals surface area (Å²) in [6, 6.07) is 10.5. The van der Waals surface area contributed by atoms with E-state index >= 15 is 0 Å². The van der Waals surface area contributed by atoms with Gasteiger partial charge >= 0.3 is 0 Å². The summed E-state index contributed by atoms with van der Waals surface area (Å²) in [5.41, 5.74) is 0.716. The third kappa shape index (κ3) is 6.42. The smallest absolute Gasteiger partial charge is 0.238 e. The van der Waals surface area contributed by atoms with Crippen molar-refractivity contribution in [3.8, 4) is 0 Å². The van der Waals surface area contributed by atoms with Crippen LogP contribution >= 0.6 is 0 Å². The highest BCUT2D eigenvalue weighted by Gasteiger charge is 2.11. The molecule has 0 saturated carbocycles. The number of nitrogens with two attached hydrogens (primary N) is 2. The van der Waals surface area contributed by atoms with Gasteiger partial charge in [-0.15, -0.1) is 0 Å². The molecule has 0 aliphatic rings. The summed E-state index contributed by atoms with van der Waals surface area (Å²) in [5, 5.41) is 15.0. The first kappa shape index (κ1) is 21.5. The quantitative estimate of drug-likeness (QED) is 0.495. The lowest BCUT2D eigenvalue weighted by Gasteiger charge is -2.07. The lowest BCUT2D eigenvalue weighted by Crippen LogP contribution is -2.17. The maximum Gasteiger partial charge on any atom is 0.238 e. The zero-order valence-corrected chi connectivity index (χ0v) is 16.1. The minimum absolute atomic E-state index is 0.0849. The molecule has 12 heteroatoms. The number of anilines is 2. The number of amides is 2. The van der Waals surface area contributed by atoms with Crippen molar-refractivity contribution in [1.82, 2.24) is 0 Å². The molecule has 0 fully saturated rings. The standard InChI is InChI=1S/C16H18N4O6S2/c17-27(23,24)13-5-1-11(2-6-13)19-15(21)9-10-16(22)20-12-3-7-14(8-4-12)28(18,25)26/h1-8H,9-10H2,(H,19,21)(H,20,22)(H2,17,23,24)(H2,18,25,26). The molecule has 2 amide bonds. The summed E-state index contributed by atoms with van der Waals surface area (Å²) in [6.45, 7) is 0. The summed E-state index contributed by atoms with van der Waals surface area (Å²) in [4.78, 5) is 23.6. The van der Waals surface area contributed by atoms with Crippen LogP contribution in [0.15, 0.2) is 58.3 Å². The first-order valence-corrected chi connectivity index (χ1v) is 10.9. The molecule has 0 bridgehead atoms. The number of carbonyl (C=O) groups is 2. The van der Waals surface area contributed by atoms with Crippen LogP contribution in [0.3, 0.4) is 0 Å². The van der Waals surface area contributed by atoms with E-state index in [0.29, 0.717) is 11.4 Å². The van der Waals surface area contributed by atoms with Gasteiger partial charge in [-0.25, -0.2) is 27.1 Å². The predicted octanol–water partition coefficient (Wildman–Crippen LogP) is 0.339. The normalized spacial score (nSPS) is 11.6. The van der Waals surface area contributed by atoms with Crippen molar-refractivity contribution in [2.24, 2.45) is 10.3 Å². The Morgan fingerprint density at radius 2 is 0.929 bits per heavy atom. The first-order chi connectivity index (χ1) is 12.9. The van der Waals surface area contributed by atoms with Crippen LogP contribution in [0, 0.1) is 0 Å². The lowest BCUT2D eigenvalue weighted by atomic mass is 10.2. The van der Waals surface area contributed by atoms with Gasteiger partial charge in [0.1, 0.15) is 0 Å². The number of carbonyl (C=O) groups excluding carboxylic acids is 2. The van der Waals surface area contributed by atoms with Gasteiger partial charge < -0.3 is 10.6 Å². The van der Waals surface area contributed by atoms with E-state index < -0.39 is 31.9 Å². The van der Waals surface area contributed by atoms with Gasteiger partial charge in [-0.05, 0) is 48.5 Å². The highest BCUT2D eigenvalue weighted by Crippen LogP contribution is 2.14. The second kappa shape index (κ2) is 8.48. The molecule has 6 N–H and O–H groups in total. The summed E-state index contributed by atoms with van der Waals surface area (Å²) in [6.07, 6.45) is -0.226. The molecular formula is C16H18N4O6S2. The summed E-state index contributed by atoms with van der Waals surface area (Å²) >= 11 is 0. The van der Waals surface area contributed by atoms with Crippen LogP contribution in [0.1, 0.15) is 12.8 Å². The Morgan fingerprint density at radius 1 is 0.643 bits per heavy atom. The maximum atomic E-state index is 11.9. The van der Waals surface area contributed by atoms with Crippen LogP contribution in [-0.4, -0.2) is 28.6 Å². The zero-order chi connectivity index (χ0) is 20.9. The Bertz CT molecular complexity index is 989. The summed E-state index contributed by atoms with van der Waals surface area (Å²) in [7, 11) is -7.63. The van der Waals surface area contributed by atoms with Gasteiger partial charge in [-0.2, -0.15) is 0 Å². The predicted molar refractivity (Wildman–Crippen MR) is 102 cm³/mol. The van der Waals surface area contributed by atoms with Crippen LogP contribution in [0.2, 0.25) is 0 Å². The van der Waals surface area contributed by atoms with E-state index in [2.05, 4.69) is 10.6 Å². The molecular weight excluding hydrogens is 408 g/mol. The molecule has 2 aromatic carbocycles. The van der Waals surface area contributed by atoms with Crippen molar-refractivity contribution in [1.29, 1.82) is 0 Å². The lowest BCUT2D eigenvalue weighted by molar-refractivity contribution is -0.121. The van der Waals surface area contributed by atoms with E-state index in [1.165, 1.54) is 48.5 Å². The van der Waals surface area contributed by atoms with Crippen molar-refractivity contribution in [2.75, 3.05) is 10.6 Å². The number of hydrogen-bond donors (Lipinski definition) is 4. The summed E-state index contributed by atoms with van der Waals surface area (Å²) < 4.78 is 44.7. The molecule has 0 atom stereocenters. The van der Waals surface area contributed by atoms with Crippen molar-refractivity contribution >= 4 is 43.2 Å². The Hall–Kier alpha value is -2.80. The third-order valence-electron chi connectivity index (χ3n) is 3.51. The largest absolute Gasteiger partial charge is 0.326 e. The van der Waals surface area contributed by atoms with Gasteiger partial charge in [0.05, 0.1) is 9.79 Å². The van der Waals surface area contributed by atoms with E-state index in [-0.39, 0.29) is 22.6 Å². The van der Waals surface area contributed by atoms with Crippen LogP contribution < -0.4 is 20.9 Å². The van der Waals surface area contributed by atoms with Gasteiger partial charge in [-0.1, -0.05) is 0 Å². The number of sulfonamides is 2. The van der Waals surface area contributed by atoms with Gasteiger partial charge in [0.2, 0.25) is 31.9 Å². The van der Waals surface area contributed by atoms with Crippen LogP contribution in [-0.2, 0) is 29.6 Å². The molecule has 0 aliphatic heterocycles. The molecule has 10 nitrogen and oxygen atoms in total. The fourth-order valence-electron chi connectivity index (χ4n) is 2.13. The molecule has 0 aromatic heterocycles. The molecule has 2 aromatic rings. The third-order valence-corrected chi connectivity index (χ3v) is 5.37. The molecule has 0 radical (unpaired) electrons. The van der Waals surface area contributed by atoms with E-state index in [0.717, 1.165) is 0 Å². The number of nitrogens with one attached hydrogen (secondary N) is 2. The minimum Gasteiger partial charge on any atom is -0.326 e. The first-order valence-electron chi connectivity index (χ1n) is 7.80. The van der Waals surface area contributed by atoms with E-state index in [9.17, 15) is 26.4 Å². The average Bonchev–Trinajstić information content (AvgIpc) is 2.59. The van der Waals surface area contributed by atoms with Gasteiger partial charge in [0.15, 0.2) is 0 Å². The molecule has 0 unspecified atom stereocenters. The average molecular weight is 426 g/mol. The number of hydrogen-bond acceptors (Lipinski definition) is 6. The van der Waals surface area contributed by atoms with Crippen LogP contribution in [0.25, 0.3) is 0 Å². The van der Waals surface area contributed by atoms with Crippen molar-refractivity contribution in [2.45, 2.75) is 22.6 Å². The van der Waals surface area contributed by atoms with Gasteiger partial charge in [0, 0.05) is 24.2 Å². The molecule has 0 heterocycles. The van der Waals surface area contributed by atoms with Crippen LogP contribution in [0.5, 0.6) is 0 Å². The minimum atomic E-state index is -3.82. The van der Waals surface area contributed by atoms with E-state index in [4.69, 9.17) is 10.3 Å². The highest BCUT2D eigenvalue weighted by atomic mass is 32.2. The Morgan fingerprint density at radius 3 is 1.18 bits per heavy atom. The van der Waals surface area contributed by atoms with E-state index in [1.807, 2.05) is 0 Å². The van der Waals surface area contributed by atoms with E-state index in [1.54, 1.807) is 0 Å². The number of rotatable bonds is 7. The SMILES string of the molecule is NS(=O)(=O)c1ccc(NC(=O)CCC(=O)Nc2ccc(S(N)(=O)=O)cc2)cc1. The highest BCUT2D eigenvalue weighted by molar-refractivity contribution is 7.89. The fourth-order valence-corrected chi connectivity index (χ4v) is 3.16. The van der Waals surface area contributed by atoms with Gasteiger partial charge in [-0.3, -0.25) is 9.59 Å². The van der Waals surface area contributed by atoms with Gasteiger partial charge in [0.25, 0.3) is 0 Å². The molecule has 0 spiro atoms. The Labute approximate surface area is 162 Å². The summed E-state index contributed by atoms with van der Waals surface area (Å²) in [5.74, 6) is -0.883. The molecule has 150 valence electrons. The second-order valence-corrected chi connectivity index (χ2v) is 8.86. The zero-order valence-electron chi connectivity index (χ0n) is 14.5. The molecule has 28 heavy (non-hydrogen) atoms. The monoisotopic (exact) mass is 426 g/mol.